The second kappa shape index (κ2) is 11.3. The van der Waals surface area contributed by atoms with Gasteiger partial charge in [0.25, 0.3) is 0 Å². The summed E-state index contributed by atoms with van der Waals surface area (Å²) in [7, 11) is 0. The predicted molar refractivity (Wildman–Crippen MR) is 137 cm³/mol. The number of aromatic nitrogens is 1. The molecule has 1 aliphatic heterocycles. The minimum atomic E-state index is -0.559. The minimum Gasteiger partial charge on any atom is -0.376 e. The summed E-state index contributed by atoms with van der Waals surface area (Å²) in [5.41, 5.74) is 4.35. The lowest BCUT2D eigenvalue weighted by atomic mass is 10.0. The third-order valence-corrected chi connectivity index (χ3v) is 8.69. The van der Waals surface area contributed by atoms with Crippen LogP contribution in [0.5, 0.6) is 0 Å². The van der Waals surface area contributed by atoms with E-state index in [2.05, 4.69) is 41.4 Å². The molecule has 172 valence electrons. The first-order valence-corrected chi connectivity index (χ1v) is 13.1. The molecule has 4 rings (SSSR count). The zero-order chi connectivity index (χ0) is 23.2. The zero-order valence-corrected chi connectivity index (χ0v) is 20.4. The summed E-state index contributed by atoms with van der Waals surface area (Å²) in [4.78, 5) is 4.43. The van der Waals surface area contributed by atoms with Crippen molar-refractivity contribution in [1.82, 2.24) is 4.98 Å². The molecular weight excluding hydrogens is 456 g/mol. The highest BCUT2D eigenvalue weighted by molar-refractivity contribution is 8.17. The van der Waals surface area contributed by atoms with Crippen molar-refractivity contribution in [1.29, 1.82) is 0 Å². The molecule has 33 heavy (non-hydrogen) atoms. The van der Waals surface area contributed by atoms with Crippen molar-refractivity contribution in [2.24, 2.45) is 0 Å². The Labute approximate surface area is 202 Å². The van der Waals surface area contributed by atoms with Crippen molar-refractivity contribution in [3.05, 3.63) is 89.6 Å². The molecule has 0 saturated carbocycles. The fourth-order valence-electron chi connectivity index (χ4n) is 3.61. The van der Waals surface area contributed by atoms with Gasteiger partial charge in [-0.25, -0.2) is 8.78 Å². The Bertz CT molecular complexity index is 1070. The number of hydrogen-bond acceptors (Lipinski definition) is 4. The van der Waals surface area contributed by atoms with E-state index in [9.17, 15) is 8.78 Å². The van der Waals surface area contributed by atoms with Crippen molar-refractivity contribution in [3.8, 4) is 22.4 Å². The van der Waals surface area contributed by atoms with E-state index in [-0.39, 0.29) is 5.56 Å². The van der Waals surface area contributed by atoms with Gasteiger partial charge in [0.1, 0.15) is 11.6 Å². The van der Waals surface area contributed by atoms with E-state index in [1.807, 2.05) is 36.5 Å². The van der Waals surface area contributed by atoms with Crippen molar-refractivity contribution in [2.75, 3.05) is 18.1 Å². The molecule has 1 fully saturated rings. The van der Waals surface area contributed by atoms with E-state index in [1.54, 1.807) is 12.3 Å². The average molecular weight is 484 g/mol. The first kappa shape index (κ1) is 24.0. The van der Waals surface area contributed by atoms with Crippen LogP contribution in [0.25, 0.3) is 22.4 Å². The monoisotopic (exact) mass is 483 g/mol. The summed E-state index contributed by atoms with van der Waals surface area (Å²) >= 11 is 3.88. The van der Waals surface area contributed by atoms with Crippen molar-refractivity contribution < 1.29 is 13.5 Å². The van der Waals surface area contributed by atoms with Gasteiger partial charge in [0.15, 0.2) is 0 Å². The van der Waals surface area contributed by atoms with Gasteiger partial charge in [-0.05, 0) is 49.6 Å². The highest BCUT2D eigenvalue weighted by Crippen LogP contribution is 2.44. The molecule has 0 unspecified atom stereocenters. The largest absolute Gasteiger partial charge is 0.376 e. The smallest absolute Gasteiger partial charge is 0.129 e. The van der Waals surface area contributed by atoms with Gasteiger partial charge in [-0.2, -0.15) is 0 Å². The Morgan fingerprint density at radius 2 is 1.64 bits per heavy atom. The summed E-state index contributed by atoms with van der Waals surface area (Å²) in [5.74, 6) is 0.912. The number of halogens is 2. The van der Waals surface area contributed by atoms with Gasteiger partial charge in [0.2, 0.25) is 0 Å². The summed E-state index contributed by atoms with van der Waals surface area (Å²) in [6.45, 7) is 4.25. The second-order valence-electron chi connectivity index (χ2n) is 7.97. The first-order chi connectivity index (χ1) is 16.0. The molecule has 1 saturated heterocycles. The molecular formula is C27H27F2NOS2. The van der Waals surface area contributed by atoms with Crippen molar-refractivity contribution in [3.63, 3.8) is 0 Å². The number of pyridine rings is 1. The third-order valence-electron chi connectivity index (χ3n) is 5.60. The Hall–Kier alpha value is -2.15. The molecule has 3 aromatic rings. The van der Waals surface area contributed by atoms with Crippen LogP contribution in [0.2, 0.25) is 0 Å². The number of rotatable bonds is 7. The normalized spacial score (nSPS) is 18.7. The summed E-state index contributed by atoms with van der Waals surface area (Å²) in [5, 5.41) is 0. The van der Waals surface area contributed by atoms with E-state index >= 15 is 0 Å². The molecule has 1 aromatic heterocycles. The second-order valence-corrected chi connectivity index (χ2v) is 10.5. The summed E-state index contributed by atoms with van der Waals surface area (Å²) in [6, 6.07) is 15.0. The van der Waals surface area contributed by atoms with E-state index < -0.39 is 11.6 Å². The molecule has 6 heteroatoms. The van der Waals surface area contributed by atoms with Gasteiger partial charge >= 0.3 is 0 Å². The molecule has 0 radical (unpaired) electrons. The van der Waals surface area contributed by atoms with E-state index in [0.717, 1.165) is 35.7 Å². The Morgan fingerprint density at radius 1 is 0.970 bits per heavy atom. The van der Waals surface area contributed by atoms with Crippen LogP contribution in [0.1, 0.15) is 29.1 Å². The average Bonchev–Trinajstić information content (AvgIpc) is 2.85. The molecule has 0 bridgehead atoms. The Morgan fingerprint density at radius 3 is 2.24 bits per heavy atom. The number of thioether (sulfide) groups is 2. The maximum absolute atomic E-state index is 13.9. The molecule has 0 N–H and O–H groups in total. The lowest BCUT2D eigenvalue weighted by Crippen LogP contribution is -2.24. The van der Waals surface area contributed by atoms with Crippen molar-refractivity contribution in [2.45, 2.75) is 31.0 Å². The predicted octanol–water partition coefficient (Wildman–Crippen LogP) is 7.83. The van der Waals surface area contributed by atoms with Crippen LogP contribution in [0.15, 0.2) is 66.9 Å². The van der Waals surface area contributed by atoms with Gasteiger partial charge < -0.3 is 4.74 Å². The number of benzene rings is 2. The van der Waals surface area contributed by atoms with Crippen LogP contribution in [-0.2, 0) is 4.74 Å². The quantitative estimate of drug-likeness (QED) is 0.252. The highest BCUT2D eigenvalue weighted by Gasteiger charge is 2.23. The number of ether oxygens (including phenoxy) is 1. The minimum absolute atomic E-state index is 0.0252. The maximum atomic E-state index is 13.9. The highest BCUT2D eigenvalue weighted by atomic mass is 32.2. The molecule has 2 nitrogen and oxygen atoms in total. The van der Waals surface area contributed by atoms with Crippen molar-refractivity contribution >= 4 is 23.5 Å². The summed E-state index contributed by atoms with van der Waals surface area (Å²) in [6.07, 6.45) is 7.24. The fraction of sp³-hybridized carbons (Fsp3) is 0.296. The topological polar surface area (TPSA) is 22.1 Å². The van der Waals surface area contributed by atoms with Crippen LogP contribution in [0, 0.1) is 18.6 Å². The standard InChI is InChI=1S/C27H27F2NOS2/c1-3-4-5-12-31-23-16-32-27(33-17-23)20-8-6-19(7-9-20)21-10-11-26(30-15-21)22-13-24(28)18(2)25(29)14-22/h3-4,6-11,13-15,23,27H,5,12,16-17H2,1-2H3/b4-3-. The molecule has 1 aliphatic rings. The zero-order valence-electron chi connectivity index (χ0n) is 18.8. The van der Waals surface area contributed by atoms with E-state index in [0.29, 0.717) is 21.9 Å². The van der Waals surface area contributed by atoms with Gasteiger partial charge in [-0.1, -0.05) is 42.5 Å². The van der Waals surface area contributed by atoms with Gasteiger partial charge in [0, 0.05) is 34.4 Å². The van der Waals surface area contributed by atoms with Crippen LogP contribution in [0.3, 0.4) is 0 Å². The summed E-state index contributed by atoms with van der Waals surface area (Å²) < 4.78 is 34.2. The molecule has 0 spiro atoms. The molecule has 0 atom stereocenters. The fourth-order valence-corrected chi connectivity index (χ4v) is 6.52. The molecule has 0 aliphatic carbocycles. The molecule has 0 amide bonds. The number of allylic oxidation sites excluding steroid dienone is 1. The van der Waals surface area contributed by atoms with Gasteiger partial charge in [-0.15, -0.1) is 23.5 Å². The lowest BCUT2D eigenvalue weighted by molar-refractivity contribution is 0.0883. The third kappa shape index (κ3) is 6.05. The Kier molecular flexibility index (Phi) is 8.23. The van der Waals surface area contributed by atoms with E-state index in [4.69, 9.17) is 4.74 Å². The van der Waals surface area contributed by atoms with Gasteiger partial charge in [-0.3, -0.25) is 4.98 Å². The number of hydrogen-bond donors (Lipinski definition) is 0. The van der Waals surface area contributed by atoms with Gasteiger partial charge in [0.05, 0.1) is 23.0 Å². The lowest BCUT2D eigenvalue weighted by Gasteiger charge is -2.28. The Balaban J connectivity index is 1.37. The van der Waals surface area contributed by atoms with Crippen LogP contribution < -0.4 is 0 Å². The maximum Gasteiger partial charge on any atom is 0.129 e. The molecule has 2 aromatic carbocycles. The SMILES string of the molecule is C/C=C\CCOC1CSC(c2ccc(-c3ccc(-c4cc(F)c(C)c(F)c4)nc3)cc2)SC1. The van der Waals surface area contributed by atoms with Crippen LogP contribution >= 0.6 is 23.5 Å². The first-order valence-electron chi connectivity index (χ1n) is 11.0. The van der Waals surface area contributed by atoms with Crippen LogP contribution in [0.4, 0.5) is 8.78 Å². The molecule has 2 heterocycles. The van der Waals surface area contributed by atoms with E-state index in [1.165, 1.54) is 24.6 Å². The van der Waals surface area contributed by atoms with Crippen LogP contribution in [-0.4, -0.2) is 29.2 Å². The number of nitrogens with zero attached hydrogens (tertiary/aromatic N) is 1.